The average Bonchev–Trinajstić information content (AvgIpc) is 2.63. The van der Waals surface area contributed by atoms with Crippen molar-refractivity contribution >= 4 is 15.7 Å². The van der Waals surface area contributed by atoms with Gasteiger partial charge in [-0.25, -0.2) is 13.4 Å². The van der Waals surface area contributed by atoms with Crippen molar-refractivity contribution in [3.05, 3.63) is 18.3 Å². The summed E-state index contributed by atoms with van der Waals surface area (Å²) in [6.45, 7) is 8.62. The van der Waals surface area contributed by atoms with Crippen molar-refractivity contribution in [3.8, 4) is 0 Å². The first-order valence-corrected chi connectivity index (χ1v) is 9.49. The number of sulfone groups is 1. The lowest BCUT2D eigenvalue weighted by Crippen LogP contribution is -2.28. The van der Waals surface area contributed by atoms with Crippen LogP contribution in [-0.2, 0) is 9.84 Å². The Balaban J connectivity index is 2.25. The second-order valence-electron chi connectivity index (χ2n) is 7.08. The highest BCUT2D eigenvalue weighted by atomic mass is 32.2. The van der Waals surface area contributed by atoms with E-state index in [4.69, 9.17) is 0 Å². The molecule has 1 aromatic rings. The molecular formula is C16H26N2O2S. The minimum absolute atomic E-state index is 0.305. The highest BCUT2D eigenvalue weighted by Crippen LogP contribution is 2.35. The fourth-order valence-electron chi connectivity index (χ4n) is 3.08. The number of hydrogen-bond donors (Lipinski definition) is 0. The van der Waals surface area contributed by atoms with E-state index in [0.717, 1.165) is 25.9 Å². The molecule has 0 radical (unpaired) electrons. The summed E-state index contributed by atoms with van der Waals surface area (Å²) < 4.78 is 23.9. The van der Waals surface area contributed by atoms with E-state index in [-0.39, 0.29) is 0 Å². The van der Waals surface area contributed by atoms with E-state index in [0.29, 0.717) is 22.0 Å². The number of hydrogen-bond acceptors (Lipinski definition) is 4. The molecule has 118 valence electrons. The SMILES string of the molecule is CC(C)(C)C1CCCN(c2ncccc2S(C)(=O)=O)CC1. The molecule has 5 heteroatoms. The number of nitrogens with zero attached hydrogens (tertiary/aromatic N) is 2. The van der Waals surface area contributed by atoms with Gasteiger partial charge in [0.05, 0.1) is 0 Å². The Morgan fingerprint density at radius 3 is 2.57 bits per heavy atom. The Bertz CT molecular complexity index is 591. The molecule has 0 aromatic carbocycles. The predicted molar refractivity (Wildman–Crippen MR) is 86.4 cm³/mol. The van der Waals surface area contributed by atoms with Gasteiger partial charge >= 0.3 is 0 Å². The summed E-state index contributed by atoms with van der Waals surface area (Å²) in [6.07, 6.45) is 6.30. The Morgan fingerprint density at radius 2 is 1.95 bits per heavy atom. The van der Waals surface area contributed by atoms with Crippen molar-refractivity contribution in [2.45, 2.75) is 44.9 Å². The van der Waals surface area contributed by atoms with Crippen molar-refractivity contribution < 1.29 is 8.42 Å². The van der Waals surface area contributed by atoms with Gasteiger partial charge in [-0.15, -0.1) is 0 Å². The Labute approximate surface area is 128 Å². The predicted octanol–water partition coefficient (Wildman–Crippen LogP) is 3.14. The third-order valence-electron chi connectivity index (χ3n) is 4.40. The van der Waals surface area contributed by atoms with E-state index in [2.05, 4.69) is 30.7 Å². The number of pyridine rings is 1. The molecule has 0 bridgehead atoms. The summed E-state index contributed by atoms with van der Waals surface area (Å²) in [4.78, 5) is 6.83. The summed E-state index contributed by atoms with van der Waals surface area (Å²) in [6, 6.07) is 3.35. The van der Waals surface area contributed by atoms with E-state index in [1.54, 1.807) is 18.3 Å². The summed E-state index contributed by atoms with van der Waals surface area (Å²) in [5.41, 5.74) is 0.305. The standard InChI is InChI=1S/C16H26N2O2S/c1-16(2,3)13-7-6-11-18(12-9-13)15-14(21(4,19)20)8-5-10-17-15/h5,8,10,13H,6-7,9,11-12H2,1-4H3. The first-order chi connectivity index (χ1) is 9.69. The molecule has 21 heavy (non-hydrogen) atoms. The first-order valence-electron chi connectivity index (χ1n) is 7.59. The third kappa shape index (κ3) is 3.96. The van der Waals surface area contributed by atoms with E-state index >= 15 is 0 Å². The molecule has 0 amide bonds. The maximum absolute atomic E-state index is 11.9. The van der Waals surface area contributed by atoms with E-state index in [1.165, 1.54) is 12.7 Å². The molecule has 0 spiro atoms. The molecule has 4 nitrogen and oxygen atoms in total. The van der Waals surface area contributed by atoms with E-state index in [9.17, 15) is 8.42 Å². The highest BCUT2D eigenvalue weighted by Gasteiger charge is 2.28. The lowest BCUT2D eigenvalue weighted by Gasteiger charge is -2.30. The Hall–Kier alpha value is -1.10. The quantitative estimate of drug-likeness (QED) is 0.842. The summed E-state index contributed by atoms with van der Waals surface area (Å²) in [5, 5.41) is 0. The fourth-order valence-corrected chi connectivity index (χ4v) is 3.92. The largest absolute Gasteiger partial charge is 0.356 e. The maximum atomic E-state index is 11.9. The highest BCUT2D eigenvalue weighted by molar-refractivity contribution is 7.90. The zero-order chi connectivity index (χ0) is 15.7. The van der Waals surface area contributed by atoms with Crippen molar-refractivity contribution in [1.82, 2.24) is 4.98 Å². The van der Waals surface area contributed by atoms with Gasteiger partial charge in [-0.05, 0) is 42.7 Å². The molecule has 1 aromatic heterocycles. The van der Waals surface area contributed by atoms with Crippen LogP contribution in [0.4, 0.5) is 5.82 Å². The normalized spacial score (nSPS) is 21.1. The molecule has 1 atom stereocenters. The molecule has 0 N–H and O–H groups in total. The van der Waals surface area contributed by atoms with Crippen LogP contribution in [0.25, 0.3) is 0 Å². The molecule has 1 aliphatic heterocycles. The Morgan fingerprint density at radius 1 is 1.24 bits per heavy atom. The molecular weight excluding hydrogens is 284 g/mol. The van der Waals surface area contributed by atoms with Crippen molar-refractivity contribution in [2.75, 3.05) is 24.2 Å². The van der Waals surface area contributed by atoms with Gasteiger partial charge in [0, 0.05) is 25.5 Å². The van der Waals surface area contributed by atoms with Crippen LogP contribution >= 0.6 is 0 Å². The van der Waals surface area contributed by atoms with Crippen molar-refractivity contribution in [3.63, 3.8) is 0 Å². The van der Waals surface area contributed by atoms with Crippen LogP contribution in [0.5, 0.6) is 0 Å². The van der Waals surface area contributed by atoms with Crippen LogP contribution in [0, 0.1) is 11.3 Å². The monoisotopic (exact) mass is 310 g/mol. The van der Waals surface area contributed by atoms with Crippen LogP contribution in [0.15, 0.2) is 23.2 Å². The topological polar surface area (TPSA) is 50.3 Å². The third-order valence-corrected chi connectivity index (χ3v) is 5.52. The summed E-state index contributed by atoms with van der Waals surface area (Å²) in [5.74, 6) is 1.29. The van der Waals surface area contributed by atoms with Gasteiger partial charge in [-0.2, -0.15) is 0 Å². The molecule has 2 heterocycles. The Kier molecular flexibility index (Phi) is 4.61. The van der Waals surface area contributed by atoms with Crippen LogP contribution in [-0.4, -0.2) is 32.7 Å². The van der Waals surface area contributed by atoms with Gasteiger partial charge in [-0.1, -0.05) is 20.8 Å². The number of aromatic nitrogens is 1. The fraction of sp³-hybridized carbons (Fsp3) is 0.688. The zero-order valence-electron chi connectivity index (χ0n) is 13.5. The van der Waals surface area contributed by atoms with Crippen LogP contribution in [0.3, 0.4) is 0 Å². The van der Waals surface area contributed by atoms with Gasteiger partial charge < -0.3 is 4.90 Å². The summed E-state index contributed by atoms with van der Waals surface area (Å²) >= 11 is 0. The second-order valence-corrected chi connectivity index (χ2v) is 9.06. The lowest BCUT2D eigenvalue weighted by molar-refractivity contribution is 0.220. The zero-order valence-corrected chi connectivity index (χ0v) is 14.3. The van der Waals surface area contributed by atoms with Gasteiger partial charge in [0.2, 0.25) is 0 Å². The second kappa shape index (κ2) is 5.95. The van der Waals surface area contributed by atoms with Crippen LogP contribution < -0.4 is 4.90 Å². The van der Waals surface area contributed by atoms with Crippen LogP contribution in [0.1, 0.15) is 40.0 Å². The van der Waals surface area contributed by atoms with E-state index in [1.807, 2.05) is 0 Å². The molecule has 1 fully saturated rings. The molecule has 2 rings (SSSR count). The number of anilines is 1. The van der Waals surface area contributed by atoms with E-state index < -0.39 is 9.84 Å². The van der Waals surface area contributed by atoms with Gasteiger partial charge in [-0.3, -0.25) is 0 Å². The maximum Gasteiger partial charge on any atom is 0.179 e. The minimum Gasteiger partial charge on any atom is -0.356 e. The number of rotatable bonds is 2. The van der Waals surface area contributed by atoms with Gasteiger partial charge in [0.15, 0.2) is 9.84 Å². The summed E-state index contributed by atoms with van der Waals surface area (Å²) in [7, 11) is -3.24. The molecule has 0 saturated carbocycles. The molecule has 1 aliphatic rings. The smallest absolute Gasteiger partial charge is 0.179 e. The molecule has 1 unspecified atom stereocenters. The molecule has 1 saturated heterocycles. The lowest BCUT2D eigenvalue weighted by atomic mass is 9.77. The van der Waals surface area contributed by atoms with Crippen molar-refractivity contribution in [1.29, 1.82) is 0 Å². The minimum atomic E-state index is -3.24. The van der Waals surface area contributed by atoms with Crippen molar-refractivity contribution in [2.24, 2.45) is 11.3 Å². The first kappa shape index (κ1) is 16.3. The molecule has 0 aliphatic carbocycles. The van der Waals surface area contributed by atoms with Gasteiger partial charge in [0.1, 0.15) is 10.7 Å². The van der Waals surface area contributed by atoms with Crippen LogP contribution in [0.2, 0.25) is 0 Å². The average molecular weight is 310 g/mol. The van der Waals surface area contributed by atoms with Gasteiger partial charge in [0.25, 0.3) is 0 Å².